The van der Waals surface area contributed by atoms with E-state index in [4.69, 9.17) is 4.42 Å². The van der Waals surface area contributed by atoms with E-state index in [0.717, 1.165) is 13.0 Å². The summed E-state index contributed by atoms with van der Waals surface area (Å²) in [7, 11) is 0. The molecule has 1 N–H and O–H groups in total. The highest BCUT2D eigenvalue weighted by Crippen LogP contribution is 2.28. The predicted octanol–water partition coefficient (Wildman–Crippen LogP) is 2.96. The van der Waals surface area contributed by atoms with Gasteiger partial charge in [-0.15, -0.1) is 0 Å². The molecule has 0 saturated heterocycles. The average molecular weight is 286 g/mol. The van der Waals surface area contributed by atoms with E-state index in [1.54, 1.807) is 12.1 Å². The predicted molar refractivity (Wildman–Crippen MR) is 65.7 cm³/mol. The first-order valence-corrected chi connectivity index (χ1v) is 6.63. The maximum Gasteiger partial charge on any atom is 0.286 e. The molecule has 88 valence electrons. The van der Waals surface area contributed by atoms with Gasteiger partial charge >= 0.3 is 0 Å². The van der Waals surface area contributed by atoms with Gasteiger partial charge in [0.2, 0.25) is 0 Å². The van der Waals surface area contributed by atoms with E-state index in [0.29, 0.717) is 16.5 Å². The van der Waals surface area contributed by atoms with Crippen LogP contribution >= 0.6 is 15.9 Å². The SMILES string of the molecule is O=C(NCC1CCCC(Br)C1)c1ccco1. The Morgan fingerprint density at radius 2 is 2.44 bits per heavy atom. The number of hydrogen-bond acceptors (Lipinski definition) is 2. The highest BCUT2D eigenvalue weighted by Gasteiger charge is 2.20. The first kappa shape index (κ1) is 11.7. The first-order valence-electron chi connectivity index (χ1n) is 5.71. The highest BCUT2D eigenvalue weighted by molar-refractivity contribution is 9.09. The fraction of sp³-hybridized carbons (Fsp3) is 0.583. The molecule has 0 aliphatic heterocycles. The summed E-state index contributed by atoms with van der Waals surface area (Å²) in [5.41, 5.74) is 0. The molecule has 0 radical (unpaired) electrons. The van der Waals surface area contributed by atoms with Gasteiger partial charge in [0, 0.05) is 11.4 Å². The molecule has 1 fully saturated rings. The van der Waals surface area contributed by atoms with Gasteiger partial charge in [0.1, 0.15) is 0 Å². The average Bonchev–Trinajstić information content (AvgIpc) is 2.79. The van der Waals surface area contributed by atoms with Gasteiger partial charge in [0.05, 0.1) is 6.26 Å². The standard InChI is InChI=1S/C12H16BrNO2/c13-10-4-1-3-9(7-10)8-14-12(15)11-5-2-6-16-11/h2,5-6,9-10H,1,3-4,7-8H2,(H,14,15). The minimum atomic E-state index is -0.110. The molecule has 1 amide bonds. The van der Waals surface area contributed by atoms with Crippen molar-refractivity contribution in [3.05, 3.63) is 24.2 Å². The van der Waals surface area contributed by atoms with Crippen LogP contribution in [0.4, 0.5) is 0 Å². The van der Waals surface area contributed by atoms with E-state index in [1.165, 1.54) is 25.5 Å². The van der Waals surface area contributed by atoms with Crippen LogP contribution in [0.15, 0.2) is 22.8 Å². The van der Waals surface area contributed by atoms with Gasteiger partial charge < -0.3 is 9.73 Å². The third kappa shape index (κ3) is 3.11. The van der Waals surface area contributed by atoms with Crippen LogP contribution in [0.25, 0.3) is 0 Å². The van der Waals surface area contributed by atoms with E-state index in [9.17, 15) is 4.79 Å². The molecule has 1 aromatic heterocycles. The number of furan rings is 1. The Labute approximate surface area is 104 Å². The molecule has 3 nitrogen and oxygen atoms in total. The number of hydrogen-bond donors (Lipinski definition) is 1. The number of carbonyl (C=O) groups excluding carboxylic acids is 1. The number of nitrogens with one attached hydrogen (secondary N) is 1. The van der Waals surface area contributed by atoms with E-state index in [-0.39, 0.29) is 5.91 Å². The summed E-state index contributed by atoms with van der Waals surface area (Å²) in [5.74, 6) is 0.880. The Hall–Kier alpha value is -0.770. The summed E-state index contributed by atoms with van der Waals surface area (Å²) in [6.45, 7) is 0.752. The number of rotatable bonds is 3. The first-order chi connectivity index (χ1) is 7.75. The van der Waals surface area contributed by atoms with Crippen molar-refractivity contribution in [2.24, 2.45) is 5.92 Å². The number of amides is 1. The minimum Gasteiger partial charge on any atom is -0.459 e. The molecular formula is C12H16BrNO2. The normalized spacial score (nSPS) is 25.3. The number of halogens is 1. The van der Waals surface area contributed by atoms with Crippen LogP contribution in [0.2, 0.25) is 0 Å². The summed E-state index contributed by atoms with van der Waals surface area (Å²) in [6, 6.07) is 3.41. The fourth-order valence-electron chi connectivity index (χ4n) is 2.14. The van der Waals surface area contributed by atoms with Crippen molar-refractivity contribution in [1.82, 2.24) is 5.32 Å². The number of carbonyl (C=O) groups is 1. The second-order valence-electron chi connectivity index (χ2n) is 4.32. The molecule has 2 unspecified atom stereocenters. The maximum absolute atomic E-state index is 11.6. The van der Waals surface area contributed by atoms with Crippen LogP contribution in [0.5, 0.6) is 0 Å². The van der Waals surface area contributed by atoms with Crippen molar-refractivity contribution in [2.75, 3.05) is 6.54 Å². The second-order valence-corrected chi connectivity index (χ2v) is 5.61. The topological polar surface area (TPSA) is 42.2 Å². The van der Waals surface area contributed by atoms with Crippen molar-refractivity contribution in [3.8, 4) is 0 Å². The van der Waals surface area contributed by atoms with Crippen molar-refractivity contribution in [2.45, 2.75) is 30.5 Å². The largest absolute Gasteiger partial charge is 0.459 e. The van der Waals surface area contributed by atoms with E-state index < -0.39 is 0 Å². The Balaban J connectivity index is 1.77. The summed E-state index contributed by atoms with van der Waals surface area (Å²) in [4.78, 5) is 12.2. The number of alkyl halides is 1. The summed E-state index contributed by atoms with van der Waals surface area (Å²) in [6.07, 6.45) is 6.38. The smallest absolute Gasteiger partial charge is 0.286 e. The van der Waals surface area contributed by atoms with Crippen molar-refractivity contribution in [3.63, 3.8) is 0 Å². The van der Waals surface area contributed by atoms with Gasteiger partial charge in [0.15, 0.2) is 5.76 Å². The van der Waals surface area contributed by atoms with E-state index in [1.807, 2.05) is 0 Å². The van der Waals surface area contributed by atoms with Gasteiger partial charge in [-0.2, -0.15) is 0 Å². The highest BCUT2D eigenvalue weighted by atomic mass is 79.9. The van der Waals surface area contributed by atoms with Gasteiger partial charge in [-0.1, -0.05) is 22.4 Å². The molecule has 1 aromatic rings. The molecule has 0 aromatic carbocycles. The Bertz CT molecular complexity index is 337. The lowest BCUT2D eigenvalue weighted by Crippen LogP contribution is -2.31. The van der Waals surface area contributed by atoms with Crippen molar-refractivity contribution in [1.29, 1.82) is 0 Å². The van der Waals surface area contributed by atoms with Crippen molar-refractivity contribution >= 4 is 21.8 Å². The molecule has 0 spiro atoms. The molecule has 4 heteroatoms. The van der Waals surface area contributed by atoms with Gasteiger partial charge in [-0.25, -0.2) is 0 Å². The van der Waals surface area contributed by atoms with Crippen LogP contribution in [0.1, 0.15) is 36.2 Å². The molecule has 1 saturated carbocycles. The lowest BCUT2D eigenvalue weighted by molar-refractivity contribution is 0.0916. The summed E-state index contributed by atoms with van der Waals surface area (Å²) >= 11 is 3.64. The Kier molecular flexibility index (Phi) is 4.04. The molecule has 1 aliphatic carbocycles. The molecule has 16 heavy (non-hydrogen) atoms. The van der Waals surface area contributed by atoms with E-state index in [2.05, 4.69) is 21.2 Å². The quantitative estimate of drug-likeness (QED) is 0.868. The summed E-state index contributed by atoms with van der Waals surface area (Å²) < 4.78 is 5.03. The molecule has 2 atom stereocenters. The van der Waals surface area contributed by atoms with Crippen LogP contribution in [0, 0.1) is 5.92 Å². The molecule has 2 rings (SSSR count). The fourth-order valence-corrected chi connectivity index (χ4v) is 3.00. The molecule has 0 bridgehead atoms. The maximum atomic E-state index is 11.6. The minimum absolute atomic E-state index is 0.110. The lowest BCUT2D eigenvalue weighted by atomic mass is 9.89. The van der Waals surface area contributed by atoms with Crippen LogP contribution < -0.4 is 5.32 Å². The van der Waals surface area contributed by atoms with Gasteiger partial charge in [0.25, 0.3) is 5.91 Å². The van der Waals surface area contributed by atoms with E-state index >= 15 is 0 Å². The van der Waals surface area contributed by atoms with Crippen molar-refractivity contribution < 1.29 is 9.21 Å². The molecule has 1 aliphatic rings. The van der Waals surface area contributed by atoms with Crippen LogP contribution in [-0.2, 0) is 0 Å². The van der Waals surface area contributed by atoms with Gasteiger partial charge in [-0.05, 0) is 37.3 Å². The third-order valence-corrected chi connectivity index (χ3v) is 3.85. The van der Waals surface area contributed by atoms with Crippen LogP contribution in [-0.4, -0.2) is 17.3 Å². The Morgan fingerprint density at radius 3 is 3.12 bits per heavy atom. The monoisotopic (exact) mass is 285 g/mol. The summed E-state index contributed by atoms with van der Waals surface area (Å²) in [5, 5.41) is 2.92. The van der Waals surface area contributed by atoms with Gasteiger partial charge in [-0.3, -0.25) is 4.79 Å². The molecule has 1 heterocycles. The lowest BCUT2D eigenvalue weighted by Gasteiger charge is -2.25. The third-order valence-electron chi connectivity index (χ3n) is 3.02. The van der Waals surface area contributed by atoms with Crippen LogP contribution in [0.3, 0.4) is 0 Å². The Morgan fingerprint density at radius 1 is 1.56 bits per heavy atom. The second kappa shape index (κ2) is 5.53. The zero-order valence-corrected chi connectivity index (χ0v) is 10.7. The zero-order chi connectivity index (χ0) is 11.4. The molecular weight excluding hydrogens is 270 g/mol. The zero-order valence-electron chi connectivity index (χ0n) is 9.12.